The highest BCUT2D eigenvalue weighted by atomic mass is 19.1. The number of hydrogen-bond acceptors (Lipinski definition) is 7. The van der Waals surface area contributed by atoms with Crippen LogP contribution in [0.25, 0.3) is 22.3 Å². The number of halogens is 3. The molecule has 0 aliphatic heterocycles. The van der Waals surface area contributed by atoms with Crippen LogP contribution in [-0.2, 0) is 0 Å². The second kappa shape index (κ2) is 8.76. The highest BCUT2D eigenvalue weighted by Gasteiger charge is 2.26. The van der Waals surface area contributed by atoms with E-state index in [4.69, 9.17) is 4.52 Å². The molecule has 0 bridgehead atoms. The number of nitrogens with zero attached hydrogens (tertiary/aromatic N) is 4. The van der Waals surface area contributed by atoms with E-state index in [0.717, 1.165) is 31.5 Å². The Labute approximate surface area is 191 Å². The van der Waals surface area contributed by atoms with Gasteiger partial charge in [-0.15, -0.1) is 0 Å². The molecule has 0 unspecified atom stereocenters. The van der Waals surface area contributed by atoms with Crippen molar-refractivity contribution < 1.29 is 22.5 Å². The molecule has 4 aromatic rings. The largest absolute Gasteiger partial charge is 0.365 e. The summed E-state index contributed by atoms with van der Waals surface area (Å²) in [6.45, 7) is 1.60. The van der Waals surface area contributed by atoms with Crippen molar-refractivity contribution in [1.82, 2.24) is 30.4 Å². The fourth-order valence-electron chi connectivity index (χ4n) is 4.22. The average Bonchev–Trinajstić information content (AvgIpc) is 3.42. The highest BCUT2D eigenvalue weighted by molar-refractivity contribution is 5.94. The van der Waals surface area contributed by atoms with Crippen molar-refractivity contribution in [2.75, 3.05) is 5.32 Å². The lowest BCUT2D eigenvalue weighted by Gasteiger charge is -2.30. The van der Waals surface area contributed by atoms with Gasteiger partial charge < -0.3 is 20.1 Å². The molecule has 3 N–H and O–H groups in total. The molecule has 1 aliphatic rings. The Morgan fingerprint density at radius 3 is 2.76 bits per heavy atom. The van der Waals surface area contributed by atoms with Gasteiger partial charge in [0, 0.05) is 42.2 Å². The van der Waals surface area contributed by atoms with Crippen LogP contribution in [0.4, 0.5) is 19.0 Å². The number of hydrogen-bond donors (Lipinski definition) is 3. The molecule has 0 saturated heterocycles. The number of H-pyrrole nitrogens is 1. The van der Waals surface area contributed by atoms with Gasteiger partial charge in [0.2, 0.25) is 5.89 Å². The molecule has 1 aliphatic carbocycles. The molecule has 5 rings (SSSR count). The summed E-state index contributed by atoms with van der Waals surface area (Å²) in [6.07, 6.45) is 5.30. The maximum Gasteiger partial charge on any atom is 0.292 e. The number of carbonyl (C=O) groups is 1. The zero-order valence-electron chi connectivity index (χ0n) is 18.0. The summed E-state index contributed by atoms with van der Waals surface area (Å²) in [7, 11) is 0. The summed E-state index contributed by atoms with van der Waals surface area (Å²) in [5.74, 6) is -2.22. The normalized spacial score (nSPS) is 18.2. The van der Waals surface area contributed by atoms with Gasteiger partial charge in [-0.1, -0.05) is 5.16 Å². The summed E-state index contributed by atoms with van der Waals surface area (Å²) in [5, 5.41) is 9.83. The Bertz CT molecular complexity index is 1370. The second-order valence-electron chi connectivity index (χ2n) is 8.22. The van der Waals surface area contributed by atoms with E-state index in [1.165, 1.54) is 12.3 Å². The van der Waals surface area contributed by atoms with Crippen LogP contribution in [0.1, 0.15) is 42.2 Å². The lowest BCUT2D eigenvalue weighted by atomic mass is 9.91. The Morgan fingerprint density at radius 1 is 1.15 bits per heavy atom. The van der Waals surface area contributed by atoms with Gasteiger partial charge in [0.15, 0.2) is 17.5 Å². The number of amides is 1. The van der Waals surface area contributed by atoms with Crippen molar-refractivity contribution in [3.05, 3.63) is 53.7 Å². The van der Waals surface area contributed by atoms with Crippen molar-refractivity contribution in [1.29, 1.82) is 0 Å². The van der Waals surface area contributed by atoms with Crippen LogP contribution in [0.15, 0.2) is 29.0 Å². The minimum absolute atomic E-state index is 0.0259. The van der Waals surface area contributed by atoms with E-state index >= 15 is 0 Å². The number of nitrogens with one attached hydrogen (secondary N) is 3. The van der Waals surface area contributed by atoms with E-state index < -0.39 is 23.4 Å². The van der Waals surface area contributed by atoms with Gasteiger partial charge in [0.1, 0.15) is 11.6 Å². The zero-order valence-corrected chi connectivity index (χ0v) is 18.0. The van der Waals surface area contributed by atoms with Gasteiger partial charge in [0.05, 0.1) is 11.7 Å². The van der Waals surface area contributed by atoms with Gasteiger partial charge in [-0.25, -0.2) is 23.1 Å². The molecule has 1 saturated carbocycles. The second-order valence-corrected chi connectivity index (χ2v) is 8.22. The van der Waals surface area contributed by atoms with Crippen molar-refractivity contribution in [3.8, 4) is 11.4 Å². The lowest BCUT2D eigenvalue weighted by molar-refractivity contribution is 0.0913. The Morgan fingerprint density at radius 2 is 1.97 bits per heavy atom. The SMILES string of the molecule is Cc1nc(C(=O)N[C@@H]2CCC[C@H](Nc3nc(-c4c[nH]c5c(F)cc(F)cc45)ncc3F)C2)no1. The topological polar surface area (TPSA) is 122 Å². The predicted molar refractivity (Wildman–Crippen MR) is 115 cm³/mol. The van der Waals surface area contributed by atoms with Gasteiger partial charge in [-0.2, -0.15) is 4.98 Å². The number of anilines is 1. The molecule has 1 aromatic carbocycles. The van der Waals surface area contributed by atoms with E-state index in [0.29, 0.717) is 17.9 Å². The van der Waals surface area contributed by atoms with Gasteiger partial charge in [-0.3, -0.25) is 4.79 Å². The van der Waals surface area contributed by atoms with Crippen LogP contribution in [0.5, 0.6) is 0 Å². The molecular formula is C22H20F3N7O2. The molecule has 34 heavy (non-hydrogen) atoms. The van der Waals surface area contributed by atoms with Crippen LogP contribution >= 0.6 is 0 Å². The number of carbonyl (C=O) groups excluding carboxylic acids is 1. The summed E-state index contributed by atoms with van der Waals surface area (Å²) >= 11 is 0. The first kappa shape index (κ1) is 21.9. The minimum atomic E-state index is -0.743. The van der Waals surface area contributed by atoms with Crippen LogP contribution in [-0.4, -0.2) is 43.1 Å². The van der Waals surface area contributed by atoms with Crippen molar-refractivity contribution in [3.63, 3.8) is 0 Å². The first-order valence-corrected chi connectivity index (χ1v) is 10.7. The molecule has 0 radical (unpaired) electrons. The zero-order chi connectivity index (χ0) is 23.8. The molecule has 3 aromatic heterocycles. The summed E-state index contributed by atoms with van der Waals surface area (Å²) in [4.78, 5) is 27.3. The van der Waals surface area contributed by atoms with Gasteiger partial charge in [-0.05, 0) is 31.7 Å². The number of rotatable bonds is 5. The maximum atomic E-state index is 14.5. The van der Waals surface area contributed by atoms with Crippen molar-refractivity contribution >= 4 is 22.6 Å². The molecule has 9 nitrogen and oxygen atoms in total. The number of aromatic amines is 1. The van der Waals surface area contributed by atoms with Gasteiger partial charge in [0.25, 0.3) is 11.7 Å². The predicted octanol–water partition coefficient (Wildman–Crippen LogP) is 3.89. The number of fused-ring (bicyclic) bond motifs is 1. The maximum absolute atomic E-state index is 14.5. The Balaban J connectivity index is 1.33. The molecule has 3 heterocycles. The monoisotopic (exact) mass is 471 g/mol. The average molecular weight is 471 g/mol. The van der Waals surface area contributed by atoms with E-state index in [2.05, 4.69) is 35.7 Å². The Kier molecular flexibility index (Phi) is 5.64. The fraction of sp³-hybridized carbons (Fsp3) is 0.318. The van der Waals surface area contributed by atoms with E-state index in [1.807, 2.05) is 0 Å². The number of aromatic nitrogens is 5. The standard InChI is InChI=1S/C22H20F3N7O2/c1-10-28-21(32-34-10)22(33)30-13-4-2-3-12(7-13)29-20-17(25)9-27-19(31-20)15-8-26-18-14(15)5-11(23)6-16(18)24/h5-6,8-9,12-13,26H,2-4,7H2,1H3,(H,30,33)(H,27,29,31)/t12-,13+/m0/s1. The van der Waals surface area contributed by atoms with Crippen molar-refractivity contribution in [2.24, 2.45) is 0 Å². The summed E-state index contributed by atoms with van der Waals surface area (Å²) in [6, 6.07) is 1.62. The van der Waals surface area contributed by atoms with Crippen LogP contribution in [0.2, 0.25) is 0 Å². The van der Waals surface area contributed by atoms with Crippen LogP contribution < -0.4 is 10.6 Å². The van der Waals surface area contributed by atoms with Crippen LogP contribution in [0, 0.1) is 24.4 Å². The van der Waals surface area contributed by atoms with E-state index in [-0.39, 0.29) is 40.5 Å². The van der Waals surface area contributed by atoms with E-state index in [1.54, 1.807) is 6.92 Å². The van der Waals surface area contributed by atoms with E-state index in [9.17, 15) is 18.0 Å². The first-order chi connectivity index (χ1) is 16.4. The number of benzene rings is 1. The summed E-state index contributed by atoms with van der Waals surface area (Å²) < 4.78 is 47.2. The molecular weight excluding hydrogens is 451 g/mol. The molecule has 0 spiro atoms. The lowest BCUT2D eigenvalue weighted by Crippen LogP contribution is -2.42. The molecule has 1 fully saturated rings. The molecule has 2 atom stereocenters. The highest BCUT2D eigenvalue weighted by Crippen LogP contribution is 2.30. The third-order valence-electron chi connectivity index (χ3n) is 5.77. The molecule has 12 heteroatoms. The Hall–Kier alpha value is -3.96. The molecule has 1 amide bonds. The molecule has 176 valence electrons. The summed E-state index contributed by atoms with van der Waals surface area (Å²) in [5.41, 5.74) is 0.460. The third kappa shape index (κ3) is 4.30. The van der Waals surface area contributed by atoms with Crippen molar-refractivity contribution in [2.45, 2.75) is 44.7 Å². The van der Waals surface area contributed by atoms with Gasteiger partial charge >= 0.3 is 0 Å². The van der Waals surface area contributed by atoms with Crippen LogP contribution in [0.3, 0.4) is 0 Å². The quantitative estimate of drug-likeness (QED) is 0.404. The minimum Gasteiger partial charge on any atom is -0.365 e. The number of aryl methyl sites for hydroxylation is 1. The first-order valence-electron chi connectivity index (χ1n) is 10.7. The fourth-order valence-corrected chi connectivity index (χ4v) is 4.22. The third-order valence-corrected chi connectivity index (χ3v) is 5.77. The smallest absolute Gasteiger partial charge is 0.292 e.